The van der Waals surface area contributed by atoms with Gasteiger partial charge in [-0.2, -0.15) is 0 Å². The highest BCUT2D eigenvalue weighted by atomic mass is 16.5. The zero-order chi connectivity index (χ0) is 15.4. The third-order valence-corrected chi connectivity index (χ3v) is 3.87. The third-order valence-electron chi connectivity index (χ3n) is 3.87. The highest BCUT2D eigenvalue weighted by Crippen LogP contribution is 2.20. The molecule has 0 aromatic rings. The molecule has 21 heavy (non-hydrogen) atoms. The second-order valence-electron chi connectivity index (χ2n) is 6.03. The molecule has 0 unspecified atom stereocenters. The van der Waals surface area contributed by atoms with E-state index >= 15 is 0 Å². The second-order valence-corrected chi connectivity index (χ2v) is 6.03. The van der Waals surface area contributed by atoms with Crippen LogP contribution >= 0.6 is 0 Å². The van der Waals surface area contributed by atoms with Crippen molar-refractivity contribution in [1.82, 2.24) is 4.90 Å². The molecule has 0 aromatic heterocycles. The van der Waals surface area contributed by atoms with Crippen LogP contribution in [0.1, 0.15) is 39.5 Å². The summed E-state index contributed by atoms with van der Waals surface area (Å²) in [6.45, 7) is 11.1. The van der Waals surface area contributed by atoms with Gasteiger partial charge in [-0.25, -0.2) is 0 Å². The molecule has 0 spiro atoms. The van der Waals surface area contributed by atoms with Gasteiger partial charge in [0, 0.05) is 26.2 Å². The first-order valence-electron chi connectivity index (χ1n) is 8.32. The number of hydrogen-bond acceptors (Lipinski definition) is 5. The van der Waals surface area contributed by atoms with Crippen molar-refractivity contribution in [3.8, 4) is 0 Å². The largest absolute Gasteiger partial charge is 0.390 e. The van der Waals surface area contributed by atoms with E-state index in [0.29, 0.717) is 26.4 Å². The molecule has 0 saturated carbocycles. The minimum absolute atomic E-state index is 0.468. The predicted molar refractivity (Wildman–Crippen MR) is 83.7 cm³/mol. The van der Waals surface area contributed by atoms with Crippen molar-refractivity contribution in [2.24, 2.45) is 0 Å². The average molecular weight is 303 g/mol. The van der Waals surface area contributed by atoms with Crippen molar-refractivity contribution < 1.29 is 19.3 Å². The molecule has 1 N–H and O–H groups in total. The molecule has 0 atom stereocenters. The Bertz CT molecular complexity index is 238. The van der Waals surface area contributed by atoms with Gasteiger partial charge in [-0.1, -0.05) is 13.3 Å². The number of aliphatic hydroxyl groups is 1. The molecule has 0 radical (unpaired) electrons. The number of piperidine rings is 1. The molecule has 1 rings (SSSR count). The van der Waals surface area contributed by atoms with E-state index in [2.05, 4.69) is 11.8 Å². The standard InChI is InChI=1S/C16H33NO4/c1-3-4-10-19-12-14-21-15-13-20-11-9-17-7-5-16(2,18)6-8-17/h18H,3-15H2,1-2H3. The Hall–Kier alpha value is -0.200. The minimum Gasteiger partial charge on any atom is -0.390 e. The summed E-state index contributed by atoms with van der Waals surface area (Å²) in [5.41, 5.74) is -0.468. The van der Waals surface area contributed by atoms with E-state index in [4.69, 9.17) is 14.2 Å². The van der Waals surface area contributed by atoms with Gasteiger partial charge in [0.15, 0.2) is 0 Å². The molecule has 1 heterocycles. The van der Waals surface area contributed by atoms with Crippen LogP contribution in [-0.4, -0.2) is 74.9 Å². The van der Waals surface area contributed by atoms with Crippen LogP contribution in [0.2, 0.25) is 0 Å². The zero-order valence-corrected chi connectivity index (χ0v) is 13.8. The Morgan fingerprint density at radius 3 is 2.00 bits per heavy atom. The summed E-state index contributed by atoms with van der Waals surface area (Å²) < 4.78 is 16.4. The fourth-order valence-corrected chi connectivity index (χ4v) is 2.24. The maximum absolute atomic E-state index is 9.87. The van der Waals surface area contributed by atoms with Crippen molar-refractivity contribution in [3.63, 3.8) is 0 Å². The van der Waals surface area contributed by atoms with Gasteiger partial charge in [0.2, 0.25) is 0 Å². The molecule has 0 aromatic carbocycles. The summed E-state index contributed by atoms with van der Waals surface area (Å²) in [5, 5.41) is 9.87. The number of rotatable bonds is 12. The number of unbranched alkanes of at least 4 members (excludes halogenated alkanes) is 1. The quantitative estimate of drug-likeness (QED) is 0.556. The van der Waals surface area contributed by atoms with Crippen molar-refractivity contribution >= 4 is 0 Å². The van der Waals surface area contributed by atoms with Crippen LogP contribution in [0, 0.1) is 0 Å². The van der Waals surface area contributed by atoms with E-state index in [9.17, 15) is 5.11 Å². The van der Waals surface area contributed by atoms with Crippen molar-refractivity contribution in [1.29, 1.82) is 0 Å². The fourth-order valence-electron chi connectivity index (χ4n) is 2.24. The molecule has 126 valence electrons. The van der Waals surface area contributed by atoms with Gasteiger partial charge in [0.05, 0.1) is 38.6 Å². The molecule has 0 amide bonds. The average Bonchev–Trinajstić information content (AvgIpc) is 2.46. The molecule has 5 nitrogen and oxygen atoms in total. The Kier molecular flexibility index (Phi) is 10.2. The topological polar surface area (TPSA) is 51.2 Å². The first kappa shape index (κ1) is 18.8. The summed E-state index contributed by atoms with van der Waals surface area (Å²) in [6.07, 6.45) is 4.00. The lowest BCUT2D eigenvalue weighted by Crippen LogP contribution is -2.43. The van der Waals surface area contributed by atoms with E-state index in [1.54, 1.807) is 0 Å². The van der Waals surface area contributed by atoms with Crippen LogP contribution in [0.15, 0.2) is 0 Å². The highest BCUT2D eigenvalue weighted by molar-refractivity contribution is 4.81. The summed E-state index contributed by atoms with van der Waals surface area (Å²) in [6, 6.07) is 0. The number of ether oxygens (including phenoxy) is 3. The summed E-state index contributed by atoms with van der Waals surface area (Å²) in [5.74, 6) is 0. The molecule has 0 aliphatic carbocycles. The van der Waals surface area contributed by atoms with Gasteiger partial charge >= 0.3 is 0 Å². The van der Waals surface area contributed by atoms with Gasteiger partial charge < -0.3 is 24.2 Å². The smallest absolute Gasteiger partial charge is 0.0701 e. The predicted octanol–water partition coefficient (Wildman–Crippen LogP) is 1.68. The normalized spacial score (nSPS) is 19.0. The molecule has 1 fully saturated rings. The number of hydrogen-bond donors (Lipinski definition) is 1. The monoisotopic (exact) mass is 303 g/mol. The van der Waals surface area contributed by atoms with Gasteiger partial charge in [0.25, 0.3) is 0 Å². The van der Waals surface area contributed by atoms with Gasteiger partial charge in [-0.05, 0) is 26.2 Å². The second kappa shape index (κ2) is 11.4. The molecule has 5 heteroatoms. The van der Waals surface area contributed by atoms with Crippen LogP contribution in [0.4, 0.5) is 0 Å². The number of likely N-dealkylation sites (tertiary alicyclic amines) is 1. The molecule has 1 saturated heterocycles. The van der Waals surface area contributed by atoms with Crippen LogP contribution in [0.5, 0.6) is 0 Å². The van der Waals surface area contributed by atoms with Crippen LogP contribution in [0.3, 0.4) is 0 Å². The molecule has 1 aliphatic rings. The Morgan fingerprint density at radius 2 is 1.43 bits per heavy atom. The van der Waals surface area contributed by atoms with E-state index in [1.165, 1.54) is 6.42 Å². The maximum atomic E-state index is 9.87. The maximum Gasteiger partial charge on any atom is 0.0701 e. The van der Waals surface area contributed by atoms with Crippen LogP contribution in [0.25, 0.3) is 0 Å². The summed E-state index contributed by atoms with van der Waals surface area (Å²) in [7, 11) is 0. The first-order chi connectivity index (χ1) is 10.1. The van der Waals surface area contributed by atoms with E-state index in [0.717, 1.165) is 52.1 Å². The minimum atomic E-state index is -0.468. The van der Waals surface area contributed by atoms with Crippen molar-refractivity contribution in [2.75, 3.05) is 59.3 Å². The Balaban J connectivity index is 1.79. The van der Waals surface area contributed by atoms with Crippen molar-refractivity contribution in [3.05, 3.63) is 0 Å². The van der Waals surface area contributed by atoms with Crippen LogP contribution < -0.4 is 0 Å². The molecular formula is C16H33NO4. The Morgan fingerprint density at radius 1 is 0.905 bits per heavy atom. The summed E-state index contributed by atoms with van der Waals surface area (Å²) in [4.78, 5) is 2.35. The fraction of sp³-hybridized carbons (Fsp3) is 1.00. The summed E-state index contributed by atoms with van der Waals surface area (Å²) >= 11 is 0. The highest BCUT2D eigenvalue weighted by Gasteiger charge is 2.26. The lowest BCUT2D eigenvalue weighted by Gasteiger charge is -2.35. The van der Waals surface area contributed by atoms with Gasteiger partial charge in [-0.15, -0.1) is 0 Å². The van der Waals surface area contributed by atoms with Gasteiger partial charge in [0.1, 0.15) is 0 Å². The zero-order valence-electron chi connectivity index (χ0n) is 13.8. The molecule has 1 aliphatic heterocycles. The lowest BCUT2D eigenvalue weighted by molar-refractivity contribution is -0.0183. The molecular weight excluding hydrogens is 270 g/mol. The van der Waals surface area contributed by atoms with E-state index < -0.39 is 5.60 Å². The number of nitrogens with zero attached hydrogens (tertiary/aromatic N) is 1. The lowest BCUT2D eigenvalue weighted by atomic mass is 9.94. The SMILES string of the molecule is CCCCOCCOCCOCCN1CCC(C)(O)CC1. The van der Waals surface area contributed by atoms with Crippen molar-refractivity contribution in [2.45, 2.75) is 45.1 Å². The van der Waals surface area contributed by atoms with E-state index in [1.807, 2.05) is 6.92 Å². The first-order valence-corrected chi connectivity index (χ1v) is 8.32. The van der Waals surface area contributed by atoms with Gasteiger partial charge in [-0.3, -0.25) is 0 Å². The molecule has 0 bridgehead atoms. The van der Waals surface area contributed by atoms with E-state index in [-0.39, 0.29) is 0 Å². The third kappa shape index (κ3) is 10.2. The van der Waals surface area contributed by atoms with Crippen LogP contribution in [-0.2, 0) is 14.2 Å². The Labute approximate surface area is 129 Å².